The Morgan fingerprint density at radius 1 is 0.300 bits per heavy atom. The Hall–Kier alpha value is -11.3. The van der Waals surface area contributed by atoms with E-state index in [9.17, 15) is 114 Å². The van der Waals surface area contributed by atoms with Crippen molar-refractivity contribution in [3.63, 3.8) is 0 Å². The van der Waals surface area contributed by atoms with Crippen LogP contribution in [0.3, 0.4) is 0 Å². The van der Waals surface area contributed by atoms with E-state index in [2.05, 4.69) is 71.6 Å². The minimum Gasteiger partial charge on any atom is -0.505 e. The number of aromatic nitrogens is 6. The summed E-state index contributed by atoms with van der Waals surface area (Å²) in [6.45, 7) is 0. The number of phenols is 2. The Morgan fingerprint density at radius 3 is 0.909 bits per heavy atom. The number of hydrogen-bond acceptors (Lipinski definition) is 34. The van der Waals surface area contributed by atoms with Crippen molar-refractivity contribution in [2.24, 2.45) is 20.5 Å². The van der Waals surface area contributed by atoms with Crippen LogP contribution in [-0.2, 0) is 80.9 Å². The predicted molar refractivity (Wildman–Crippen MR) is 389 cm³/mol. The van der Waals surface area contributed by atoms with E-state index < -0.39 is 233 Å². The summed E-state index contributed by atoms with van der Waals surface area (Å²) in [4.78, 5) is 14.8. The second-order valence-corrected chi connectivity index (χ2v) is 34.4. The van der Waals surface area contributed by atoms with Gasteiger partial charge in [0.15, 0.2) is 11.5 Å². The molecule has 2 aromatic heterocycles. The summed E-state index contributed by atoms with van der Waals surface area (Å²) < 4.78 is 291. The maximum absolute atomic E-state index is 13.2. The van der Waals surface area contributed by atoms with Gasteiger partial charge >= 0.3 is 0 Å². The van der Waals surface area contributed by atoms with Crippen LogP contribution in [0.1, 0.15) is 0 Å². The number of nitrogens with zero attached hydrogens (tertiary/aromatic N) is 10. The van der Waals surface area contributed by atoms with Crippen LogP contribution in [0.5, 0.6) is 11.5 Å². The van der Waals surface area contributed by atoms with E-state index in [1.165, 1.54) is 36.4 Å². The number of azo groups is 2. The van der Waals surface area contributed by atoms with Crippen molar-refractivity contribution in [1.29, 1.82) is 0 Å². The summed E-state index contributed by atoms with van der Waals surface area (Å²) in [5.41, 5.74) is 5.17. The zero-order valence-corrected chi connectivity index (χ0v) is 61.4. The number of fused-ring (bicyclic) bond motifs is 4. The van der Waals surface area contributed by atoms with Gasteiger partial charge in [-0.1, -0.05) is 24.3 Å². The molecule has 0 saturated heterocycles. The van der Waals surface area contributed by atoms with Gasteiger partial charge in [0.1, 0.15) is 61.9 Å². The first kappa shape index (κ1) is 78.3. The molecule has 42 nitrogen and oxygen atoms in total. The zero-order valence-electron chi connectivity index (χ0n) is 53.4. The van der Waals surface area contributed by atoms with Crippen LogP contribution in [0.2, 0.25) is 10.6 Å². The fourth-order valence-electron chi connectivity index (χ4n) is 11.0. The van der Waals surface area contributed by atoms with Crippen molar-refractivity contribution in [2.45, 2.75) is 39.2 Å². The average Bonchev–Trinajstić information content (AvgIpc) is 0.749. The van der Waals surface area contributed by atoms with E-state index in [0.717, 1.165) is 84.9 Å². The van der Waals surface area contributed by atoms with E-state index in [0.29, 0.717) is 12.1 Å². The SMILES string of the molecule is Nc1ccc2c(O)c(N=Nc3ccc4c(S(=O)(=O)O)cc(Nc5nc(Cl)nc(Nc6ccc(-c7ccc(Nc8nc(Cl)nc(Nc9cc(S(=O)(=O)O)c%10ccc(N=Nc%11c(S(=O)(=O)O)cc%12cc(N)ccc%12c%11O)c(S(=O)(=O)O)c%10c9)n8)cc7S(=O)(=O)O)c(S(=O)(=O)O)c6)n5)cc4c3S(=O)(=O)O)c(S(=O)(=O)O)cc2c1. The quantitative estimate of drug-likeness (QED) is 0.0181. The van der Waals surface area contributed by atoms with E-state index in [1.807, 2.05) is 0 Å². The maximum Gasteiger partial charge on any atom is 0.297 e. The Balaban J connectivity index is 0.844. The maximum atomic E-state index is 13.2. The molecule has 0 amide bonds. The van der Waals surface area contributed by atoms with Gasteiger partial charge in [0.25, 0.3) is 80.9 Å². The first-order chi connectivity index (χ1) is 51.0. The zero-order chi connectivity index (χ0) is 80.2. The Labute approximate surface area is 626 Å². The number of nitrogens with one attached hydrogen (secondary N) is 4. The summed E-state index contributed by atoms with van der Waals surface area (Å²) >= 11 is 12.5. The summed E-state index contributed by atoms with van der Waals surface area (Å²) in [5.74, 6) is -4.34. The van der Waals surface area contributed by atoms with Gasteiger partial charge in [0.2, 0.25) is 34.4 Å². The molecule has 18 N–H and O–H groups in total. The van der Waals surface area contributed by atoms with Gasteiger partial charge in [-0.25, -0.2) is 0 Å². The summed E-state index contributed by atoms with van der Waals surface area (Å²) in [7, 11) is -43.4. The topological polar surface area (TPSA) is 702 Å². The van der Waals surface area contributed by atoms with E-state index >= 15 is 0 Å². The summed E-state index contributed by atoms with van der Waals surface area (Å²) in [5, 5.41) is 42.8. The minimum atomic E-state index is -5.59. The molecule has 0 aliphatic rings. The van der Waals surface area contributed by atoms with Crippen LogP contribution in [0.15, 0.2) is 193 Å². The van der Waals surface area contributed by atoms with Gasteiger partial charge in [0, 0.05) is 77.6 Å². The minimum absolute atomic E-state index is 0.00794. The molecular formula is C58H40Cl2N16O26S8. The lowest BCUT2D eigenvalue weighted by Gasteiger charge is -2.16. The lowest BCUT2D eigenvalue weighted by atomic mass is 10.0. The molecule has 0 aliphatic carbocycles. The number of nitrogen functional groups attached to an aromatic ring is 2. The molecule has 570 valence electrons. The molecule has 2 heterocycles. The third kappa shape index (κ3) is 16.4. The standard InChI is InChI=1S/C58H40Cl2N16O26S8/c59-53-67-55(71-57(69-53)65-29-17-37-35(43(21-29)105(85,86)87)9-11-39(51(37)109(97,98)99)73-75-47-45(107(91,92)93)15-23-13-25(61)1-5-31(23)49(47)77)63-27-3-7-33(41(19-27)103(79,80)81)34-8-4-28(20-42(34)104(82,83)84)64-56-68-54(60)70-58(72-56)66-30-18-38-36(44(22-30)106(88,89)90)10-12-40(52(38)110(100,101)102)74-76-48-46(108(94,95)96)16-24-14-26(62)2-6-32(24)50(48)78/h1-22,77-78H,61-62H2,(H,79,80,81)(H,82,83,84)(H,85,86,87)(H,88,89,90)(H,91,92,93)(H,94,95,96)(H,97,98,99)(H,100,101,102)(H2,63,65,67,69,71)(H2,64,66,68,70,72). The van der Waals surface area contributed by atoms with Crippen molar-refractivity contribution in [2.75, 3.05) is 32.7 Å². The molecule has 0 saturated carbocycles. The lowest BCUT2D eigenvalue weighted by molar-refractivity contribution is 0.471. The predicted octanol–water partition coefficient (Wildman–Crippen LogP) is 10.00. The van der Waals surface area contributed by atoms with Crippen molar-refractivity contribution < 1.29 is 114 Å². The summed E-state index contributed by atoms with van der Waals surface area (Å²) in [6, 6.07) is 21.1. The number of nitrogens with two attached hydrogens (primary N) is 2. The molecular weight excluding hydrogens is 1660 g/mol. The van der Waals surface area contributed by atoms with Crippen molar-refractivity contribution >= 4 is 228 Å². The van der Waals surface area contributed by atoms with Crippen LogP contribution in [0, 0.1) is 0 Å². The highest BCUT2D eigenvalue weighted by Gasteiger charge is 2.32. The average molecular weight is 1700 g/mol. The third-order valence-corrected chi connectivity index (χ3v) is 22.9. The Kier molecular flexibility index (Phi) is 19.9. The molecule has 12 aromatic rings. The van der Waals surface area contributed by atoms with Gasteiger partial charge in [-0.2, -0.15) is 97.2 Å². The number of anilines is 10. The normalized spacial score (nSPS) is 12.9. The highest BCUT2D eigenvalue weighted by molar-refractivity contribution is 7.88. The Morgan fingerprint density at radius 2 is 0.600 bits per heavy atom. The molecule has 10 aromatic carbocycles. The fourth-order valence-corrected chi connectivity index (χ4v) is 17.2. The molecule has 0 atom stereocenters. The molecule has 52 heteroatoms. The van der Waals surface area contributed by atoms with Crippen molar-refractivity contribution in [3.05, 3.63) is 144 Å². The highest BCUT2D eigenvalue weighted by atomic mass is 35.5. The number of benzene rings is 10. The lowest BCUT2D eigenvalue weighted by Crippen LogP contribution is -2.08. The number of halogens is 2. The van der Waals surface area contributed by atoms with Gasteiger partial charge in [-0.3, -0.25) is 36.4 Å². The van der Waals surface area contributed by atoms with E-state index in [1.54, 1.807) is 0 Å². The van der Waals surface area contributed by atoms with Crippen LogP contribution >= 0.6 is 23.2 Å². The number of phenolic OH excluding ortho intramolecular Hbond substituents is 2. The molecule has 110 heavy (non-hydrogen) atoms. The largest absolute Gasteiger partial charge is 0.505 e. The summed E-state index contributed by atoms with van der Waals surface area (Å²) in [6.07, 6.45) is 0. The second-order valence-electron chi connectivity index (χ2n) is 22.7. The molecule has 0 aliphatic heterocycles. The highest BCUT2D eigenvalue weighted by Crippen LogP contribution is 2.47. The number of rotatable bonds is 21. The number of hydrogen-bond donors (Lipinski definition) is 16. The van der Waals surface area contributed by atoms with Crippen LogP contribution in [0.25, 0.3) is 54.2 Å². The van der Waals surface area contributed by atoms with E-state index in [4.69, 9.17) is 34.7 Å². The molecule has 12 rings (SSSR count). The van der Waals surface area contributed by atoms with Crippen LogP contribution in [-0.4, -0.2) is 144 Å². The van der Waals surface area contributed by atoms with Gasteiger partial charge < -0.3 is 42.9 Å². The van der Waals surface area contributed by atoms with Crippen LogP contribution in [0.4, 0.5) is 80.7 Å². The van der Waals surface area contributed by atoms with E-state index in [-0.39, 0.29) is 44.3 Å². The van der Waals surface area contributed by atoms with Gasteiger partial charge in [-0.15, -0.1) is 20.5 Å². The molecule has 0 fully saturated rings. The second kappa shape index (κ2) is 28.0. The first-order valence-electron chi connectivity index (χ1n) is 29.1. The van der Waals surface area contributed by atoms with Crippen molar-refractivity contribution in [3.8, 4) is 22.6 Å². The Bertz CT molecular complexity index is 6720. The molecule has 0 radical (unpaired) electrons. The molecule has 0 bridgehead atoms. The molecule has 0 spiro atoms. The fraction of sp³-hybridized carbons (Fsp3) is 0. The first-order valence-corrected chi connectivity index (χ1v) is 41.4. The molecule has 0 unspecified atom stereocenters. The van der Waals surface area contributed by atoms with Gasteiger partial charge in [0.05, 0.1) is 0 Å². The number of aromatic hydroxyl groups is 2. The van der Waals surface area contributed by atoms with Gasteiger partial charge in [-0.05, 0) is 143 Å². The van der Waals surface area contributed by atoms with Crippen molar-refractivity contribution in [1.82, 2.24) is 29.9 Å². The third-order valence-electron chi connectivity index (χ3n) is 15.4. The van der Waals surface area contributed by atoms with Crippen LogP contribution < -0.4 is 32.7 Å². The monoisotopic (exact) mass is 1700 g/mol. The smallest absolute Gasteiger partial charge is 0.297 e.